The van der Waals surface area contributed by atoms with Gasteiger partial charge in [0.05, 0.1) is 5.69 Å². The fourth-order valence-electron chi connectivity index (χ4n) is 1.01. The van der Waals surface area contributed by atoms with E-state index in [4.69, 9.17) is 0 Å². The van der Waals surface area contributed by atoms with Crippen LogP contribution in [-0.4, -0.2) is 18.1 Å². The number of benzene rings is 1. The van der Waals surface area contributed by atoms with Crippen molar-refractivity contribution in [3.63, 3.8) is 0 Å². The van der Waals surface area contributed by atoms with Crippen LogP contribution in [0.1, 0.15) is 6.92 Å². The van der Waals surface area contributed by atoms with Crippen LogP contribution in [0.4, 0.5) is 5.69 Å². The van der Waals surface area contributed by atoms with E-state index in [0.29, 0.717) is 18.6 Å². The third-order valence-electron chi connectivity index (χ3n) is 1.66. The minimum atomic E-state index is 0.131. The number of phenols is 1. The van der Waals surface area contributed by atoms with Crippen LogP contribution in [0, 0.1) is 0 Å². The quantitative estimate of drug-likeness (QED) is 0.687. The summed E-state index contributed by atoms with van der Waals surface area (Å²) < 4.78 is 0. The molecule has 0 heterocycles. The fourth-order valence-corrected chi connectivity index (χ4v) is 1.01. The number of amides is 1. The number of aromatic hydroxyl groups is 1. The molecule has 12 heavy (non-hydrogen) atoms. The molecule has 0 saturated heterocycles. The molecule has 0 aliphatic carbocycles. The van der Waals surface area contributed by atoms with Crippen LogP contribution in [0.3, 0.4) is 0 Å². The van der Waals surface area contributed by atoms with E-state index in [2.05, 4.69) is 0 Å². The van der Waals surface area contributed by atoms with Crippen molar-refractivity contribution in [1.82, 2.24) is 0 Å². The van der Waals surface area contributed by atoms with E-state index >= 15 is 0 Å². The molecule has 0 aliphatic rings. The van der Waals surface area contributed by atoms with Gasteiger partial charge in [0.25, 0.3) is 0 Å². The molecule has 64 valence electrons. The SMILES string of the molecule is CCN(C=O)c1ccccc1O. The van der Waals surface area contributed by atoms with Crippen molar-refractivity contribution in [2.45, 2.75) is 6.92 Å². The molecule has 1 aromatic carbocycles. The number of carbonyl (C=O) groups excluding carboxylic acids is 1. The lowest BCUT2D eigenvalue weighted by Gasteiger charge is -2.15. The maximum atomic E-state index is 10.5. The van der Waals surface area contributed by atoms with Gasteiger partial charge in [-0.1, -0.05) is 12.1 Å². The lowest BCUT2D eigenvalue weighted by molar-refractivity contribution is -0.107. The molecule has 0 atom stereocenters. The van der Waals surface area contributed by atoms with Gasteiger partial charge >= 0.3 is 0 Å². The molecule has 3 nitrogen and oxygen atoms in total. The summed E-state index contributed by atoms with van der Waals surface area (Å²) in [6, 6.07) is 6.76. The molecule has 0 aromatic heterocycles. The molecule has 1 rings (SSSR count). The first kappa shape index (κ1) is 8.59. The number of rotatable bonds is 3. The van der Waals surface area contributed by atoms with Gasteiger partial charge in [-0.25, -0.2) is 0 Å². The second-order valence-electron chi connectivity index (χ2n) is 2.38. The molecule has 0 radical (unpaired) electrons. The minimum Gasteiger partial charge on any atom is -0.506 e. The molecule has 1 aromatic rings. The zero-order chi connectivity index (χ0) is 8.97. The van der Waals surface area contributed by atoms with E-state index in [1.807, 2.05) is 6.92 Å². The van der Waals surface area contributed by atoms with Crippen molar-refractivity contribution in [3.05, 3.63) is 24.3 Å². The smallest absolute Gasteiger partial charge is 0.214 e. The van der Waals surface area contributed by atoms with Gasteiger partial charge in [-0.3, -0.25) is 4.79 Å². The van der Waals surface area contributed by atoms with Gasteiger partial charge < -0.3 is 10.0 Å². The van der Waals surface area contributed by atoms with Crippen LogP contribution in [0.25, 0.3) is 0 Å². The van der Waals surface area contributed by atoms with Gasteiger partial charge in [0.15, 0.2) is 0 Å². The second kappa shape index (κ2) is 3.76. The highest BCUT2D eigenvalue weighted by atomic mass is 16.3. The predicted octanol–water partition coefficient (Wildman–Crippen LogP) is 1.37. The molecule has 3 heteroatoms. The molecule has 0 spiro atoms. The third kappa shape index (κ3) is 1.56. The van der Waals surface area contributed by atoms with Crippen LogP contribution < -0.4 is 4.90 Å². The van der Waals surface area contributed by atoms with Crippen molar-refractivity contribution < 1.29 is 9.90 Å². The molecular formula is C9H11NO2. The Kier molecular flexibility index (Phi) is 2.69. The highest BCUT2D eigenvalue weighted by Crippen LogP contribution is 2.24. The van der Waals surface area contributed by atoms with Gasteiger partial charge in [0.2, 0.25) is 6.41 Å². The van der Waals surface area contributed by atoms with E-state index in [9.17, 15) is 9.90 Å². The Balaban J connectivity index is 3.00. The van der Waals surface area contributed by atoms with Gasteiger partial charge in [0.1, 0.15) is 5.75 Å². The number of carbonyl (C=O) groups is 1. The van der Waals surface area contributed by atoms with Crippen LogP contribution in [0.2, 0.25) is 0 Å². The number of hydrogen-bond donors (Lipinski definition) is 1. The Bertz CT molecular complexity index is 273. The van der Waals surface area contributed by atoms with E-state index in [-0.39, 0.29) is 5.75 Å². The molecule has 0 unspecified atom stereocenters. The Labute approximate surface area is 71.2 Å². The van der Waals surface area contributed by atoms with E-state index in [1.54, 1.807) is 24.3 Å². The average Bonchev–Trinajstić information content (AvgIpc) is 2.10. The normalized spacial score (nSPS) is 9.42. The van der Waals surface area contributed by atoms with Gasteiger partial charge in [-0.15, -0.1) is 0 Å². The first-order valence-electron chi connectivity index (χ1n) is 3.79. The first-order chi connectivity index (χ1) is 5.79. The molecular weight excluding hydrogens is 154 g/mol. The molecule has 1 amide bonds. The van der Waals surface area contributed by atoms with Crippen molar-refractivity contribution in [3.8, 4) is 5.75 Å². The Morgan fingerprint density at radius 2 is 2.17 bits per heavy atom. The van der Waals surface area contributed by atoms with Crippen molar-refractivity contribution in [2.24, 2.45) is 0 Å². The Morgan fingerprint density at radius 1 is 1.50 bits per heavy atom. The van der Waals surface area contributed by atoms with Crippen molar-refractivity contribution >= 4 is 12.1 Å². The summed E-state index contributed by atoms with van der Waals surface area (Å²) >= 11 is 0. The second-order valence-corrected chi connectivity index (χ2v) is 2.38. The van der Waals surface area contributed by atoms with E-state index in [1.165, 1.54) is 4.90 Å². The maximum absolute atomic E-state index is 10.5. The van der Waals surface area contributed by atoms with E-state index < -0.39 is 0 Å². The number of phenolic OH excluding ortho intramolecular Hbond substituents is 1. The summed E-state index contributed by atoms with van der Waals surface area (Å²) in [5.74, 6) is 0.131. The molecule has 0 bridgehead atoms. The number of hydrogen-bond acceptors (Lipinski definition) is 2. The minimum absolute atomic E-state index is 0.131. The van der Waals surface area contributed by atoms with Gasteiger partial charge in [0, 0.05) is 6.54 Å². The van der Waals surface area contributed by atoms with Gasteiger partial charge in [-0.05, 0) is 19.1 Å². The number of anilines is 1. The summed E-state index contributed by atoms with van der Waals surface area (Å²) in [5, 5.41) is 9.34. The topological polar surface area (TPSA) is 40.5 Å². The zero-order valence-electron chi connectivity index (χ0n) is 6.90. The summed E-state index contributed by atoms with van der Waals surface area (Å²) in [6.07, 6.45) is 0.703. The summed E-state index contributed by atoms with van der Waals surface area (Å²) in [6.45, 7) is 2.40. The third-order valence-corrected chi connectivity index (χ3v) is 1.66. The first-order valence-corrected chi connectivity index (χ1v) is 3.79. The van der Waals surface area contributed by atoms with Crippen LogP contribution in [0.15, 0.2) is 24.3 Å². The molecule has 0 saturated carbocycles. The Morgan fingerprint density at radius 3 is 2.67 bits per heavy atom. The van der Waals surface area contributed by atoms with Crippen molar-refractivity contribution in [1.29, 1.82) is 0 Å². The average molecular weight is 165 g/mol. The van der Waals surface area contributed by atoms with E-state index in [0.717, 1.165) is 0 Å². The van der Waals surface area contributed by atoms with Crippen molar-refractivity contribution in [2.75, 3.05) is 11.4 Å². The Hall–Kier alpha value is -1.51. The van der Waals surface area contributed by atoms with Crippen LogP contribution >= 0.6 is 0 Å². The standard InChI is InChI=1S/C9H11NO2/c1-2-10(7-11)8-5-3-4-6-9(8)12/h3-7,12H,2H2,1H3. The summed E-state index contributed by atoms with van der Waals surface area (Å²) in [7, 11) is 0. The van der Waals surface area contributed by atoms with Crippen LogP contribution in [0.5, 0.6) is 5.75 Å². The largest absolute Gasteiger partial charge is 0.506 e. The lowest BCUT2D eigenvalue weighted by atomic mass is 10.3. The monoisotopic (exact) mass is 165 g/mol. The summed E-state index contributed by atoms with van der Waals surface area (Å²) in [4.78, 5) is 11.9. The predicted molar refractivity (Wildman–Crippen MR) is 47.2 cm³/mol. The molecule has 1 N–H and O–H groups in total. The fraction of sp³-hybridized carbons (Fsp3) is 0.222. The highest BCUT2D eigenvalue weighted by molar-refractivity contribution is 5.78. The number of nitrogens with zero attached hydrogens (tertiary/aromatic N) is 1. The maximum Gasteiger partial charge on any atom is 0.214 e. The van der Waals surface area contributed by atoms with Gasteiger partial charge in [-0.2, -0.15) is 0 Å². The zero-order valence-corrected chi connectivity index (χ0v) is 6.90. The summed E-state index contributed by atoms with van der Waals surface area (Å²) in [5.41, 5.74) is 0.551. The molecule has 0 fully saturated rings. The molecule has 0 aliphatic heterocycles. The number of para-hydroxylation sites is 2. The van der Waals surface area contributed by atoms with Crippen LogP contribution in [-0.2, 0) is 4.79 Å². The highest BCUT2D eigenvalue weighted by Gasteiger charge is 2.05. The lowest BCUT2D eigenvalue weighted by Crippen LogP contribution is -2.19.